The van der Waals surface area contributed by atoms with Gasteiger partial charge in [0.25, 0.3) is 0 Å². The maximum Gasteiger partial charge on any atom is 0.143 e. The molecule has 18 aromatic carbocycles. The van der Waals surface area contributed by atoms with E-state index in [9.17, 15) is 0 Å². The van der Waals surface area contributed by atoms with Crippen LogP contribution in [-0.4, -0.2) is 13.7 Å². The molecule has 0 aliphatic heterocycles. The molecule has 6 nitrogen and oxygen atoms in total. The Labute approximate surface area is 631 Å². The lowest BCUT2D eigenvalue weighted by Gasteiger charge is -2.12. The van der Waals surface area contributed by atoms with E-state index in [1.165, 1.54) is 109 Å². The second kappa shape index (κ2) is 25.5. The predicted octanol–water partition coefficient (Wildman–Crippen LogP) is 29.0. The molecule has 0 atom stereocenters. The minimum Gasteiger partial charge on any atom is -0.455 e. The van der Waals surface area contributed by atoms with Crippen LogP contribution in [0.3, 0.4) is 0 Å². The number of aromatic nitrogens is 3. The van der Waals surface area contributed by atoms with Gasteiger partial charge in [0.05, 0.1) is 38.8 Å². The summed E-state index contributed by atoms with van der Waals surface area (Å²) >= 11 is 0. The largest absolute Gasteiger partial charge is 0.455 e. The Kier molecular flexibility index (Phi) is 14.5. The zero-order valence-corrected chi connectivity index (χ0v) is 59.6. The van der Waals surface area contributed by atoms with Gasteiger partial charge in [-0.1, -0.05) is 309 Å². The van der Waals surface area contributed by atoms with Gasteiger partial charge >= 0.3 is 0 Å². The molecule has 0 aliphatic rings. The van der Waals surface area contributed by atoms with E-state index in [1.54, 1.807) is 0 Å². The molecule has 6 heterocycles. The molecule has 24 aromatic rings. The molecule has 0 N–H and O–H groups in total. The first kappa shape index (κ1) is 62.6. The van der Waals surface area contributed by atoms with Crippen molar-refractivity contribution in [3.8, 4) is 61.6 Å². The number of hydrogen-bond donors (Lipinski definition) is 0. The molecular formula is C104H65N3O3. The van der Waals surface area contributed by atoms with Gasteiger partial charge in [0.15, 0.2) is 0 Å². The van der Waals surface area contributed by atoms with E-state index in [4.69, 9.17) is 13.3 Å². The van der Waals surface area contributed by atoms with Crippen molar-refractivity contribution < 1.29 is 13.3 Å². The lowest BCUT2D eigenvalue weighted by atomic mass is 10.0. The van der Waals surface area contributed by atoms with Gasteiger partial charge in [-0.15, -0.1) is 0 Å². The number of nitrogens with zero attached hydrogens (tertiary/aromatic N) is 3. The normalized spacial score (nSPS) is 11.8. The Bertz CT molecular complexity index is 7780. The maximum absolute atomic E-state index is 6.37. The highest BCUT2D eigenvalue weighted by Gasteiger charge is 2.22. The van der Waals surface area contributed by atoms with Crippen molar-refractivity contribution in [3.63, 3.8) is 0 Å². The van der Waals surface area contributed by atoms with Crippen LogP contribution in [0.15, 0.2) is 408 Å². The molecule has 0 bridgehead atoms. The molecule has 0 aliphatic carbocycles. The third-order valence-electron chi connectivity index (χ3n) is 22.4. The maximum atomic E-state index is 6.37. The number of para-hydroxylation sites is 9. The minimum atomic E-state index is 0.920. The van der Waals surface area contributed by atoms with Crippen molar-refractivity contribution in [3.05, 3.63) is 394 Å². The van der Waals surface area contributed by atoms with Crippen LogP contribution >= 0.6 is 0 Å². The number of benzene rings is 18. The van der Waals surface area contributed by atoms with Gasteiger partial charge < -0.3 is 27.0 Å². The topological polar surface area (TPSA) is 54.2 Å². The van der Waals surface area contributed by atoms with E-state index >= 15 is 0 Å². The summed E-state index contributed by atoms with van der Waals surface area (Å²) in [5, 5.41) is 19.4. The van der Waals surface area contributed by atoms with Crippen molar-refractivity contribution in [2.24, 2.45) is 0 Å². The average Bonchev–Trinajstić information content (AvgIpc) is 1.57. The van der Waals surface area contributed by atoms with E-state index in [1.807, 2.05) is 36.4 Å². The summed E-state index contributed by atoms with van der Waals surface area (Å²) in [5.74, 6) is 0. The second-order valence-corrected chi connectivity index (χ2v) is 28.5. The standard InChI is InChI=1S/C36H23NO.2C34H21NO/c1-2-9-24(10-3-1)25-17-20-27(21-18-25)37-33-15-6-4-11-29(33)30-22-19-26(23-34(30)37)28-13-8-14-32-31-12-5-7-16-35(31)38-36(28)32;1-2-11-24-22(9-1)10-7-17-30(24)35-31-16-5-3-12-26(31)27-20-19-23(21-32(27)35)25-14-8-15-29-28-13-4-6-18-33(28)36-34(25)29;1-2-9-23-20-25(18-16-22(23)8-1)35-31-14-5-3-10-27(31)28-19-17-24(21-32(28)35)26-12-7-13-30-29-11-4-6-15-33(29)36-34(26)30/h1-23H;2*1-21H. The molecule has 0 radical (unpaired) electrons. The first-order valence-corrected chi connectivity index (χ1v) is 37.5. The van der Waals surface area contributed by atoms with E-state index in [2.05, 4.69) is 372 Å². The van der Waals surface area contributed by atoms with E-state index in [0.717, 1.165) is 105 Å². The molecule has 0 spiro atoms. The highest BCUT2D eigenvalue weighted by Crippen LogP contribution is 2.45. The third-order valence-corrected chi connectivity index (χ3v) is 22.4. The fourth-order valence-electron chi connectivity index (χ4n) is 17.3. The zero-order chi connectivity index (χ0) is 72.3. The first-order chi connectivity index (χ1) is 54.6. The Morgan fingerprint density at radius 3 is 0.982 bits per heavy atom. The third kappa shape index (κ3) is 10.2. The highest BCUT2D eigenvalue weighted by molar-refractivity contribution is 6.17. The van der Waals surface area contributed by atoms with Crippen LogP contribution in [-0.2, 0) is 0 Å². The Hall–Kier alpha value is -14.7. The Morgan fingerprint density at radius 2 is 0.491 bits per heavy atom. The van der Waals surface area contributed by atoms with Gasteiger partial charge in [-0.3, -0.25) is 0 Å². The Balaban J connectivity index is 0.000000102. The Morgan fingerprint density at radius 1 is 0.164 bits per heavy atom. The van der Waals surface area contributed by atoms with Crippen LogP contribution in [0.1, 0.15) is 0 Å². The summed E-state index contributed by atoms with van der Waals surface area (Å²) in [5.41, 5.74) is 25.5. The fourth-order valence-corrected chi connectivity index (χ4v) is 17.3. The van der Waals surface area contributed by atoms with Gasteiger partial charge in [-0.05, 0) is 129 Å². The summed E-state index contributed by atoms with van der Waals surface area (Å²) in [6, 6.07) is 140. The van der Waals surface area contributed by atoms with Crippen LogP contribution in [0.25, 0.3) is 214 Å². The van der Waals surface area contributed by atoms with E-state index in [0.29, 0.717) is 0 Å². The molecule has 0 saturated carbocycles. The van der Waals surface area contributed by atoms with Crippen LogP contribution in [0.2, 0.25) is 0 Å². The van der Waals surface area contributed by atoms with Gasteiger partial charge in [0.2, 0.25) is 0 Å². The van der Waals surface area contributed by atoms with Crippen LogP contribution in [0.5, 0.6) is 0 Å². The highest BCUT2D eigenvalue weighted by atomic mass is 16.3. The van der Waals surface area contributed by atoms with Crippen molar-refractivity contribution in [2.75, 3.05) is 0 Å². The summed E-state index contributed by atoms with van der Waals surface area (Å²) < 4.78 is 26.3. The molecule has 0 saturated heterocycles. The summed E-state index contributed by atoms with van der Waals surface area (Å²) in [6.45, 7) is 0. The molecule has 24 rings (SSSR count). The van der Waals surface area contributed by atoms with Gasteiger partial charge in [0.1, 0.15) is 33.5 Å². The number of fused-ring (bicyclic) bond motifs is 20. The summed E-state index contributed by atoms with van der Waals surface area (Å²) in [7, 11) is 0. The number of hydrogen-bond acceptors (Lipinski definition) is 3. The zero-order valence-electron chi connectivity index (χ0n) is 59.6. The monoisotopic (exact) mass is 1400 g/mol. The minimum absolute atomic E-state index is 0.920. The predicted molar refractivity (Wildman–Crippen MR) is 461 cm³/mol. The number of furan rings is 3. The lowest BCUT2D eigenvalue weighted by molar-refractivity contribution is 0.669. The number of rotatable bonds is 7. The fraction of sp³-hybridized carbons (Fsp3) is 0. The van der Waals surface area contributed by atoms with Crippen molar-refractivity contribution in [1.82, 2.24) is 13.7 Å². The van der Waals surface area contributed by atoms with Gasteiger partial charge in [-0.25, -0.2) is 0 Å². The lowest BCUT2D eigenvalue weighted by Crippen LogP contribution is -1.95. The molecule has 514 valence electrons. The molecule has 0 fully saturated rings. The molecular weight excluding hydrogens is 1340 g/mol. The van der Waals surface area contributed by atoms with Crippen molar-refractivity contribution in [1.29, 1.82) is 0 Å². The molecule has 0 unspecified atom stereocenters. The van der Waals surface area contributed by atoms with Crippen LogP contribution in [0.4, 0.5) is 0 Å². The smallest absolute Gasteiger partial charge is 0.143 e. The van der Waals surface area contributed by atoms with Crippen LogP contribution < -0.4 is 0 Å². The van der Waals surface area contributed by atoms with Crippen LogP contribution in [0, 0.1) is 0 Å². The van der Waals surface area contributed by atoms with Crippen molar-refractivity contribution >= 4 is 153 Å². The van der Waals surface area contributed by atoms with E-state index in [-0.39, 0.29) is 0 Å². The van der Waals surface area contributed by atoms with Crippen molar-refractivity contribution in [2.45, 2.75) is 0 Å². The quantitative estimate of drug-likeness (QED) is 0.160. The molecule has 6 aromatic heterocycles. The molecule has 110 heavy (non-hydrogen) atoms. The van der Waals surface area contributed by atoms with Gasteiger partial charge in [0, 0.05) is 98.1 Å². The average molecular weight is 1400 g/mol. The summed E-state index contributed by atoms with van der Waals surface area (Å²) in [6.07, 6.45) is 0. The second-order valence-electron chi connectivity index (χ2n) is 28.5. The molecule has 0 amide bonds. The first-order valence-electron chi connectivity index (χ1n) is 37.5. The molecule has 6 heteroatoms. The SMILES string of the molecule is c1ccc(-c2ccc(-n3c4ccccc4c4ccc(-c5cccc6c5oc5ccccc56)cc43)cc2)cc1.c1ccc2c(-n3c4ccccc4c4ccc(-c5cccc6c5oc5ccccc56)cc43)cccc2c1.c1ccc2cc(-n3c4ccccc4c4ccc(-c5cccc6c5oc5ccccc56)cc43)ccc2c1. The van der Waals surface area contributed by atoms with E-state index < -0.39 is 0 Å². The van der Waals surface area contributed by atoms with Gasteiger partial charge in [-0.2, -0.15) is 0 Å². The summed E-state index contributed by atoms with van der Waals surface area (Å²) in [4.78, 5) is 0.